The summed E-state index contributed by atoms with van der Waals surface area (Å²) in [6, 6.07) is 7.85. The van der Waals surface area contributed by atoms with Gasteiger partial charge in [-0.15, -0.1) is 0 Å². The molecule has 12 heteroatoms. The van der Waals surface area contributed by atoms with E-state index < -0.39 is 17.7 Å². The van der Waals surface area contributed by atoms with Gasteiger partial charge in [0.1, 0.15) is 23.5 Å². The molecule has 40 heavy (non-hydrogen) atoms. The fourth-order valence-electron chi connectivity index (χ4n) is 3.61. The normalized spacial score (nSPS) is 11.7. The highest BCUT2D eigenvalue weighted by Crippen LogP contribution is 2.31. The summed E-state index contributed by atoms with van der Waals surface area (Å²) in [5, 5.41) is 12.4. The number of anilines is 2. The number of para-hydroxylation sites is 1. The van der Waals surface area contributed by atoms with Gasteiger partial charge in [0.2, 0.25) is 0 Å². The van der Waals surface area contributed by atoms with Gasteiger partial charge in [0.25, 0.3) is 0 Å². The molecule has 3 amide bonds. The largest absolute Gasteiger partial charge is 0.495 e. The summed E-state index contributed by atoms with van der Waals surface area (Å²) in [7, 11) is 3.31. The highest BCUT2D eigenvalue weighted by Gasteiger charge is 2.18. The molecule has 1 heterocycles. The standard InChI is InChI=1S/C28H32Cl2N6O4/c1-28(2,3)40-27(38)34-23(31-4)13-8-6-7-10-17-14-21-18(15-22(17)39-5)25(33-16-32-21)36-26(37)35-24-19(29)11-9-12-20(24)30/h9,11-12,14-16,23,31H,6,8,13H2,1-5H3,(H,34,38)(H2,32,33,35,36,37). The average Bonchev–Trinajstić information content (AvgIpc) is 2.88. The number of ether oxygens (including phenoxy) is 2. The number of hydrogen-bond acceptors (Lipinski definition) is 7. The number of alkyl carbamates (subject to hydrolysis) is 1. The van der Waals surface area contributed by atoms with Crippen LogP contribution in [0.3, 0.4) is 0 Å². The Labute approximate surface area is 243 Å². The minimum absolute atomic E-state index is 0.236. The van der Waals surface area contributed by atoms with Crippen LogP contribution in [0.25, 0.3) is 10.9 Å². The number of fused-ring (bicyclic) bond motifs is 1. The van der Waals surface area contributed by atoms with Crippen molar-refractivity contribution in [1.29, 1.82) is 0 Å². The van der Waals surface area contributed by atoms with Gasteiger partial charge >= 0.3 is 12.1 Å². The molecule has 0 spiro atoms. The molecule has 0 aliphatic heterocycles. The van der Waals surface area contributed by atoms with E-state index in [1.54, 1.807) is 37.4 Å². The van der Waals surface area contributed by atoms with Crippen LogP contribution in [0.2, 0.25) is 10.0 Å². The second kappa shape index (κ2) is 14.0. The first-order valence-corrected chi connectivity index (χ1v) is 13.3. The monoisotopic (exact) mass is 586 g/mol. The van der Waals surface area contributed by atoms with Crippen LogP contribution >= 0.6 is 23.2 Å². The van der Waals surface area contributed by atoms with E-state index in [1.807, 2.05) is 20.8 Å². The van der Waals surface area contributed by atoms with Gasteiger partial charge in [0.05, 0.1) is 40.1 Å². The summed E-state index contributed by atoms with van der Waals surface area (Å²) in [6.07, 6.45) is 2.64. The van der Waals surface area contributed by atoms with Gasteiger partial charge < -0.3 is 25.4 Å². The second-order valence-corrected chi connectivity index (χ2v) is 10.5. The molecule has 1 atom stereocenters. The second-order valence-electron chi connectivity index (χ2n) is 9.65. The van der Waals surface area contributed by atoms with E-state index in [0.717, 1.165) is 6.42 Å². The molecule has 212 valence electrons. The molecule has 4 N–H and O–H groups in total. The van der Waals surface area contributed by atoms with Crippen molar-refractivity contribution in [2.45, 2.75) is 51.8 Å². The first-order valence-electron chi connectivity index (χ1n) is 12.5. The Morgan fingerprint density at radius 1 is 1.10 bits per heavy atom. The van der Waals surface area contributed by atoms with Crippen LogP contribution in [0, 0.1) is 11.8 Å². The predicted molar refractivity (Wildman–Crippen MR) is 158 cm³/mol. The average molecular weight is 588 g/mol. The molecular weight excluding hydrogens is 555 g/mol. The zero-order chi connectivity index (χ0) is 29.3. The molecule has 0 saturated carbocycles. The van der Waals surface area contributed by atoms with Crippen LogP contribution in [-0.2, 0) is 4.74 Å². The van der Waals surface area contributed by atoms with Gasteiger partial charge in [-0.1, -0.05) is 41.1 Å². The van der Waals surface area contributed by atoms with E-state index in [0.29, 0.717) is 50.8 Å². The minimum Gasteiger partial charge on any atom is -0.495 e. The van der Waals surface area contributed by atoms with E-state index >= 15 is 0 Å². The fourth-order valence-corrected chi connectivity index (χ4v) is 4.10. The summed E-state index contributed by atoms with van der Waals surface area (Å²) in [4.78, 5) is 33.2. The molecule has 0 fully saturated rings. The Morgan fingerprint density at radius 2 is 1.82 bits per heavy atom. The molecule has 2 aromatic carbocycles. The summed E-state index contributed by atoms with van der Waals surface area (Å²) >= 11 is 12.3. The molecule has 3 aromatic rings. The van der Waals surface area contributed by atoms with Crippen molar-refractivity contribution in [3.05, 3.63) is 52.3 Å². The maximum Gasteiger partial charge on any atom is 0.408 e. The number of methoxy groups -OCH3 is 1. The quantitative estimate of drug-likeness (QED) is 0.141. The Hall–Kier alpha value is -3.78. The number of urea groups is 1. The lowest BCUT2D eigenvalue weighted by atomic mass is 10.1. The van der Waals surface area contributed by atoms with Gasteiger partial charge in [-0.05, 0) is 64.9 Å². The predicted octanol–water partition coefficient (Wildman–Crippen LogP) is 6.18. The van der Waals surface area contributed by atoms with Gasteiger partial charge in [0, 0.05) is 11.8 Å². The van der Waals surface area contributed by atoms with Crippen LogP contribution in [-0.4, -0.2) is 48.0 Å². The van der Waals surface area contributed by atoms with Crippen LogP contribution in [0.5, 0.6) is 5.75 Å². The zero-order valence-electron chi connectivity index (χ0n) is 22.9. The number of amides is 3. The highest BCUT2D eigenvalue weighted by atomic mass is 35.5. The van der Waals surface area contributed by atoms with E-state index in [2.05, 4.69) is 43.1 Å². The molecule has 10 nitrogen and oxygen atoms in total. The number of rotatable bonds is 8. The molecular formula is C28H32Cl2N6O4. The van der Waals surface area contributed by atoms with Gasteiger partial charge in [-0.2, -0.15) is 0 Å². The van der Waals surface area contributed by atoms with Crippen LogP contribution in [0.1, 0.15) is 45.6 Å². The molecule has 0 bridgehead atoms. The number of unbranched alkanes of at least 4 members (excludes halogenated alkanes) is 1. The van der Waals surface area contributed by atoms with Gasteiger partial charge in [0.15, 0.2) is 0 Å². The van der Waals surface area contributed by atoms with Crippen molar-refractivity contribution in [2.24, 2.45) is 0 Å². The van der Waals surface area contributed by atoms with E-state index in [-0.39, 0.29) is 12.0 Å². The minimum atomic E-state index is -0.570. The third kappa shape index (κ3) is 8.88. The number of nitrogens with one attached hydrogen (secondary N) is 4. The zero-order valence-corrected chi connectivity index (χ0v) is 24.5. The lowest BCUT2D eigenvalue weighted by molar-refractivity contribution is 0.0493. The number of hydrogen-bond donors (Lipinski definition) is 4. The maximum atomic E-state index is 12.7. The lowest BCUT2D eigenvalue weighted by Gasteiger charge is -2.23. The Kier molecular flexibility index (Phi) is 10.8. The third-order valence-electron chi connectivity index (χ3n) is 5.45. The summed E-state index contributed by atoms with van der Waals surface area (Å²) in [5.41, 5.74) is 0.941. The molecule has 0 aliphatic carbocycles. The number of nitrogens with zero attached hydrogens (tertiary/aromatic N) is 2. The number of carbonyl (C=O) groups is 2. The topological polar surface area (TPSA) is 127 Å². The molecule has 1 unspecified atom stereocenters. The van der Waals surface area contributed by atoms with Crippen molar-refractivity contribution in [2.75, 3.05) is 24.8 Å². The Balaban J connectivity index is 1.67. The molecule has 0 aliphatic rings. The van der Waals surface area contributed by atoms with Gasteiger partial charge in [-0.25, -0.2) is 19.6 Å². The van der Waals surface area contributed by atoms with E-state index in [9.17, 15) is 9.59 Å². The summed E-state index contributed by atoms with van der Waals surface area (Å²) in [6.45, 7) is 5.45. The van der Waals surface area contributed by atoms with Crippen LogP contribution in [0.4, 0.5) is 21.1 Å². The molecule has 1 aromatic heterocycles. The molecule has 0 saturated heterocycles. The van der Waals surface area contributed by atoms with Crippen molar-refractivity contribution in [3.8, 4) is 17.6 Å². The smallest absolute Gasteiger partial charge is 0.408 e. The van der Waals surface area contributed by atoms with Crippen molar-refractivity contribution < 1.29 is 19.1 Å². The Morgan fingerprint density at radius 3 is 2.48 bits per heavy atom. The van der Waals surface area contributed by atoms with Crippen molar-refractivity contribution in [1.82, 2.24) is 20.6 Å². The Bertz CT molecular complexity index is 1410. The lowest BCUT2D eigenvalue weighted by Crippen LogP contribution is -2.45. The number of halogens is 2. The number of carbonyl (C=O) groups excluding carboxylic acids is 2. The fraction of sp³-hybridized carbons (Fsp3) is 0.357. The SMILES string of the molecule is CNC(CCCC#Cc1cc2ncnc(NC(=O)Nc3c(Cl)cccc3Cl)c2cc1OC)NC(=O)OC(C)(C)C. The summed E-state index contributed by atoms with van der Waals surface area (Å²) < 4.78 is 10.8. The van der Waals surface area contributed by atoms with Crippen LogP contribution < -0.4 is 26.0 Å². The van der Waals surface area contributed by atoms with Crippen LogP contribution in [0.15, 0.2) is 36.7 Å². The van der Waals surface area contributed by atoms with Crippen molar-refractivity contribution in [3.63, 3.8) is 0 Å². The molecule has 0 radical (unpaired) electrons. The highest BCUT2D eigenvalue weighted by molar-refractivity contribution is 6.39. The first kappa shape index (κ1) is 30.8. The van der Waals surface area contributed by atoms with Crippen molar-refractivity contribution >= 4 is 57.7 Å². The maximum absolute atomic E-state index is 12.7. The van der Waals surface area contributed by atoms with E-state index in [1.165, 1.54) is 13.4 Å². The number of aromatic nitrogens is 2. The van der Waals surface area contributed by atoms with E-state index in [4.69, 9.17) is 32.7 Å². The molecule has 3 rings (SSSR count). The third-order valence-corrected chi connectivity index (χ3v) is 6.08. The first-order chi connectivity index (χ1) is 19.0. The van der Waals surface area contributed by atoms with Gasteiger partial charge in [-0.3, -0.25) is 5.32 Å². The number of benzene rings is 2. The summed E-state index contributed by atoms with van der Waals surface area (Å²) in [5.74, 6) is 7.06.